The van der Waals surface area contributed by atoms with Crippen molar-refractivity contribution in [1.29, 1.82) is 5.41 Å². The number of ketones is 1. The zero-order valence-electron chi connectivity index (χ0n) is 26.8. The van der Waals surface area contributed by atoms with E-state index in [2.05, 4.69) is 25.9 Å². The number of nitrogens with zero attached hydrogens (tertiary/aromatic N) is 6. The van der Waals surface area contributed by atoms with Gasteiger partial charge >= 0.3 is 0 Å². The molecule has 14 heteroatoms. The number of nitrogens with one attached hydrogen (secondary N) is 2. The largest absolute Gasteiger partial charge is 0.384 e. The molecule has 4 N–H and O–H groups in total. The lowest BCUT2D eigenvalue weighted by Gasteiger charge is -2.21. The van der Waals surface area contributed by atoms with Crippen molar-refractivity contribution in [2.45, 2.75) is 50.6 Å². The third-order valence-corrected chi connectivity index (χ3v) is 10.1. The zero-order chi connectivity index (χ0) is 34.4. The number of carbonyl (C=O) groups excluding carboxylic acids is 2. The number of hydrogen-bond donors (Lipinski definition) is 3. The van der Waals surface area contributed by atoms with Gasteiger partial charge in [0.1, 0.15) is 5.84 Å². The Morgan fingerprint density at radius 3 is 2.12 bits per heavy atom. The Hall–Kier alpha value is -5.50. The maximum Gasteiger partial charge on any atom is 0.225 e. The molecule has 3 heterocycles. The molecule has 1 amide bonds. The molecule has 252 valence electrons. The SMILES string of the molecule is N=C(N)c1ccc(CCC(=O)[C@@H]2Cc3cn(nn3)Cc3cccc(c3)Cn3cc(nn3)C[C@@H](CS(=O)(=O)Cc3ccccc3)C(=O)N2)cc1. The van der Waals surface area contributed by atoms with Crippen molar-refractivity contribution in [3.63, 3.8) is 0 Å². The first-order chi connectivity index (χ1) is 23.6. The van der Waals surface area contributed by atoms with Gasteiger partial charge in [-0.25, -0.2) is 17.8 Å². The second kappa shape index (κ2) is 14.7. The molecular formula is C35H37N9O4S. The zero-order valence-corrected chi connectivity index (χ0v) is 27.6. The number of carbonyl (C=O) groups is 2. The number of benzene rings is 3. The van der Waals surface area contributed by atoms with Crippen molar-refractivity contribution in [2.24, 2.45) is 11.7 Å². The normalized spacial score (nSPS) is 16.8. The van der Waals surface area contributed by atoms with Gasteiger partial charge < -0.3 is 11.1 Å². The van der Waals surface area contributed by atoms with Crippen LogP contribution in [0.5, 0.6) is 0 Å². The standard InChI is InChI=1S/C35H37N9O4S/c36-34(37)28-12-9-24(10-13-28)11-14-33(45)32-17-31-21-44(42-40-31)19-27-8-4-7-26(15-27)18-43-20-30(39-41-43)16-29(35(46)38-32)23-49(47,48)22-25-5-2-1-3-6-25/h1-10,12-13,15,20-21,29,32H,11,14,16-19,22-23H2,(H3,36,37)(H,38,46)/t29-,32-/m0/s1. The van der Waals surface area contributed by atoms with E-state index in [1.54, 1.807) is 58.2 Å². The third-order valence-electron chi connectivity index (χ3n) is 8.41. The molecule has 0 aliphatic carbocycles. The predicted molar refractivity (Wildman–Crippen MR) is 182 cm³/mol. The second-order valence-corrected chi connectivity index (χ2v) is 14.5. The summed E-state index contributed by atoms with van der Waals surface area (Å²) < 4.78 is 30.3. The lowest BCUT2D eigenvalue weighted by molar-refractivity contribution is -0.129. The molecule has 0 unspecified atom stereocenters. The molecule has 49 heavy (non-hydrogen) atoms. The van der Waals surface area contributed by atoms with E-state index in [0.29, 0.717) is 42.0 Å². The number of rotatable bonds is 9. The van der Waals surface area contributed by atoms with Crippen molar-refractivity contribution < 1.29 is 18.0 Å². The van der Waals surface area contributed by atoms with Gasteiger partial charge in [0.25, 0.3) is 0 Å². The van der Waals surface area contributed by atoms with Crippen LogP contribution in [-0.4, -0.2) is 67.7 Å². The van der Waals surface area contributed by atoms with Crippen molar-refractivity contribution in [3.05, 3.63) is 130 Å². The van der Waals surface area contributed by atoms with Crippen LogP contribution in [0.15, 0.2) is 91.3 Å². The van der Waals surface area contributed by atoms with E-state index in [4.69, 9.17) is 11.1 Å². The number of nitrogens with two attached hydrogens (primary N) is 1. The summed E-state index contributed by atoms with van der Waals surface area (Å²) in [6.07, 6.45) is 4.06. The van der Waals surface area contributed by atoms with Crippen LogP contribution in [0.3, 0.4) is 0 Å². The topological polar surface area (TPSA) is 192 Å². The molecule has 1 aliphatic heterocycles. The molecule has 0 radical (unpaired) electrons. The highest BCUT2D eigenvalue weighted by Gasteiger charge is 2.31. The number of hydrogen-bond acceptors (Lipinski definition) is 9. The summed E-state index contributed by atoms with van der Waals surface area (Å²) >= 11 is 0. The van der Waals surface area contributed by atoms with E-state index >= 15 is 0 Å². The molecule has 13 nitrogen and oxygen atoms in total. The van der Waals surface area contributed by atoms with Crippen molar-refractivity contribution in [2.75, 3.05) is 5.75 Å². The maximum absolute atomic E-state index is 14.0. The van der Waals surface area contributed by atoms with Gasteiger partial charge in [0.05, 0.1) is 47.9 Å². The molecule has 2 atom stereocenters. The van der Waals surface area contributed by atoms with Gasteiger partial charge in [-0.15, -0.1) is 10.2 Å². The van der Waals surface area contributed by atoms with Gasteiger partial charge in [-0.2, -0.15) is 0 Å². The number of aryl methyl sites for hydroxylation is 1. The molecule has 5 aromatic rings. The lowest BCUT2D eigenvalue weighted by Crippen LogP contribution is -2.47. The fourth-order valence-electron chi connectivity index (χ4n) is 5.93. The van der Waals surface area contributed by atoms with Crippen molar-refractivity contribution in [3.8, 4) is 0 Å². The number of amidine groups is 1. The smallest absolute Gasteiger partial charge is 0.225 e. The summed E-state index contributed by atoms with van der Waals surface area (Å²) in [6.45, 7) is 0.882. The monoisotopic (exact) mass is 679 g/mol. The van der Waals surface area contributed by atoms with E-state index in [1.165, 1.54) is 0 Å². The van der Waals surface area contributed by atoms with Gasteiger partial charge in [-0.05, 0) is 28.7 Å². The number of nitrogen functional groups attached to an aromatic ring is 1. The van der Waals surface area contributed by atoms with Crippen molar-refractivity contribution >= 4 is 27.4 Å². The van der Waals surface area contributed by atoms with E-state index in [0.717, 1.165) is 16.7 Å². The first kappa shape index (κ1) is 33.4. The Balaban J connectivity index is 1.29. The number of amides is 1. The Labute approximate surface area is 284 Å². The van der Waals surface area contributed by atoms with Gasteiger partial charge in [-0.1, -0.05) is 89.3 Å². The quantitative estimate of drug-likeness (QED) is 0.155. The third kappa shape index (κ3) is 9.11. The van der Waals surface area contributed by atoms with Crippen LogP contribution in [0.2, 0.25) is 0 Å². The number of sulfone groups is 1. The van der Waals surface area contributed by atoms with Gasteiger partial charge in [0, 0.05) is 37.2 Å². The molecule has 2 aromatic heterocycles. The van der Waals surface area contributed by atoms with E-state index in [9.17, 15) is 18.0 Å². The Morgan fingerprint density at radius 1 is 0.857 bits per heavy atom. The van der Waals surface area contributed by atoms with Gasteiger partial charge in [-0.3, -0.25) is 15.0 Å². The Morgan fingerprint density at radius 2 is 1.49 bits per heavy atom. The highest BCUT2D eigenvalue weighted by Crippen LogP contribution is 2.18. The van der Waals surface area contributed by atoms with Gasteiger partial charge in [0.2, 0.25) is 5.91 Å². The molecule has 0 spiro atoms. The summed E-state index contributed by atoms with van der Waals surface area (Å²) in [5, 5.41) is 27.6. The number of Topliss-reactive ketones (excluding diaryl/α,β-unsaturated/α-hetero) is 1. The molecule has 6 bridgehead atoms. The highest BCUT2D eigenvalue weighted by atomic mass is 32.2. The number of fused-ring (bicyclic) bond motifs is 6. The summed E-state index contributed by atoms with van der Waals surface area (Å²) in [6, 6.07) is 22.9. The second-order valence-electron chi connectivity index (χ2n) is 12.4. The van der Waals surface area contributed by atoms with Crippen LogP contribution in [0.25, 0.3) is 0 Å². The van der Waals surface area contributed by atoms with Crippen LogP contribution in [0.1, 0.15) is 45.6 Å². The van der Waals surface area contributed by atoms with Crippen LogP contribution in [0.4, 0.5) is 0 Å². The number of aromatic nitrogens is 6. The average Bonchev–Trinajstić information content (AvgIpc) is 3.71. The first-order valence-electron chi connectivity index (χ1n) is 16.0. The Kier molecular flexibility index (Phi) is 10.0. The van der Waals surface area contributed by atoms with E-state index < -0.39 is 33.5 Å². The highest BCUT2D eigenvalue weighted by molar-refractivity contribution is 7.90. The van der Waals surface area contributed by atoms with Crippen LogP contribution >= 0.6 is 0 Å². The summed E-state index contributed by atoms with van der Waals surface area (Å²) in [5.41, 5.74) is 10.6. The molecule has 0 saturated carbocycles. The first-order valence-corrected chi connectivity index (χ1v) is 17.8. The fourth-order valence-corrected chi connectivity index (χ4v) is 7.63. The molecule has 6 rings (SSSR count). The van der Waals surface area contributed by atoms with Crippen LogP contribution < -0.4 is 11.1 Å². The van der Waals surface area contributed by atoms with Gasteiger partial charge in [0.15, 0.2) is 15.6 Å². The molecule has 1 aliphatic rings. The summed E-state index contributed by atoms with van der Waals surface area (Å²) in [5.74, 6) is -2.56. The average molecular weight is 680 g/mol. The minimum absolute atomic E-state index is 0.0134. The van der Waals surface area contributed by atoms with Crippen LogP contribution in [0, 0.1) is 11.3 Å². The minimum atomic E-state index is -3.75. The lowest BCUT2D eigenvalue weighted by atomic mass is 9.98. The van der Waals surface area contributed by atoms with Crippen molar-refractivity contribution in [1.82, 2.24) is 35.3 Å². The maximum atomic E-state index is 14.0. The summed E-state index contributed by atoms with van der Waals surface area (Å²) in [7, 11) is -3.75. The van der Waals surface area contributed by atoms with Crippen LogP contribution in [-0.2, 0) is 57.5 Å². The molecule has 0 fully saturated rings. The molecule has 3 aromatic carbocycles. The minimum Gasteiger partial charge on any atom is -0.384 e. The van der Waals surface area contributed by atoms with E-state index in [-0.39, 0.29) is 36.6 Å². The fraction of sp³-hybridized carbons (Fsp3) is 0.286. The van der Waals surface area contributed by atoms with E-state index in [1.807, 2.05) is 42.5 Å². The predicted octanol–water partition coefficient (Wildman–Crippen LogP) is 2.27. The Bertz CT molecular complexity index is 2060. The summed E-state index contributed by atoms with van der Waals surface area (Å²) in [4.78, 5) is 27.8. The molecule has 0 saturated heterocycles. The molecular weight excluding hydrogens is 643 g/mol.